The van der Waals surface area contributed by atoms with Gasteiger partial charge in [-0.15, -0.1) is 0 Å². The number of hydrogen-bond acceptors (Lipinski definition) is 4. The maximum Gasteiger partial charge on any atom is 0.276 e. The Morgan fingerprint density at radius 2 is 1.70 bits per heavy atom. The van der Waals surface area contributed by atoms with Crippen molar-refractivity contribution in [1.82, 2.24) is 9.80 Å². The smallest absolute Gasteiger partial charge is 0.276 e. The van der Waals surface area contributed by atoms with Crippen LogP contribution < -0.4 is 9.47 Å². The normalized spacial score (nSPS) is 15.4. The second-order valence-electron chi connectivity index (χ2n) is 7.12. The summed E-state index contributed by atoms with van der Waals surface area (Å²) < 4.78 is 11.5. The van der Waals surface area contributed by atoms with Crippen LogP contribution in [-0.2, 0) is 11.4 Å². The first kappa shape index (κ1) is 19.9. The molecule has 0 saturated carbocycles. The van der Waals surface area contributed by atoms with Gasteiger partial charge in [0.2, 0.25) is 0 Å². The van der Waals surface area contributed by atoms with Crippen LogP contribution in [0, 0.1) is 0 Å². The maximum atomic E-state index is 12.4. The molecule has 0 atom stereocenters. The van der Waals surface area contributed by atoms with Gasteiger partial charge >= 0.3 is 0 Å². The Morgan fingerprint density at radius 1 is 0.933 bits per heavy atom. The van der Waals surface area contributed by atoms with E-state index in [4.69, 9.17) is 21.7 Å². The Bertz CT molecular complexity index is 1170. The van der Waals surface area contributed by atoms with E-state index in [1.54, 1.807) is 32.2 Å². The van der Waals surface area contributed by atoms with Crippen LogP contribution in [-0.4, -0.2) is 42.0 Å². The summed E-state index contributed by atoms with van der Waals surface area (Å²) in [7, 11) is 5.06. The van der Waals surface area contributed by atoms with E-state index in [-0.39, 0.29) is 5.91 Å². The van der Waals surface area contributed by atoms with Gasteiger partial charge in [0.1, 0.15) is 12.3 Å². The van der Waals surface area contributed by atoms with Crippen molar-refractivity contribution in [3.8, 4) is 11.5 Å². The number of hydrogen-bond donors (Lipinski definition) is 0. The third kappa shape index (κ3) is 3.74. The minimum Gasteiger partial charge on any atom is -0.493 e. The van der Waals surface area contributed by atoms with Crippen molar-refractivity contribution in [1.29, 1.82) is 0 Å². The van der Waals surface area contributed by atoms with Gasteiger partial charge in [-0.3, -0.25) is 9.69 Å². The second kappa shape index (κ2) is 8.16. The van der Waals surface area contributed by atoms with E-state index >= 15 is 0 Å². The number of thiocarbonyl (C=S) groups is 1. The predicted molar refractivity (Wildman–Crippen MR) is 122 cm³/mol. The Labute approximate surface area is 181 Å². The average molecular weight is 419 g/mol. The molecule has 0 N–H and O–H groups in total. The molecule has 30 heavy (non-hydrogen) atoms. The second-order valence-corrected chi connectivity index (χ2v) is 7.48. The monoisotopic (exact) mass is 418 g/mol. The minimum atomic E-state index is -0.127. The van der Waals surface area contributed by atoms with Gasteiger partial charge in [0.05, 0.1) is 7.11 Å². The molecule has 1 saturated heterocycles. The molecule has 152 valence electrons. The zero-order valence-electron chi connectivity index (χ0n) is 17.1. The molecule has 3 aromatic carbocycles. The number of benzene rings is 3. The van der Waals surface area contributed by atoms with Crippen LogP contribution in [0.5, 0.6) is 11.5 Å². The first-order valence-corrected chi connectivity index (χ1v) is 9.94. The Morgan fingerprint density at radius 3 is 2.40 bits per heavy atom. The first-order valence-electron chi connectivity index (χ1n) is 9.54. The number of carbonyl (C=O) groups excluding carboxylic acids is 1. The topological polar surface area (TPSA) is 42.0 Å². The predicted octanol–water partition coefficient (Wildman–Crippen LogP) is 4.46. The highest BCUT2D eigenvalue weighted by atomic mass is 32.1. The molecule has 0 radical (unpaired) electrons. The lowest BCUT2D eigenvalue weighted by atomic mass is 10.1. The fourth-order valence-corrected chi connectivity index (χ4v) is 3.61. The molecule has 0 aromatic heterocycles. The number of amides is 1. The third-order valence-corrected chi connectivity index (χ3v) is 5.71. The summed E-state index contributed by atoms with van der Waals surface area (Å²) in [6.07, 6.45) is 1.80. The van der Waals surface area contributed by atoms with Crippen molar-refractivity contribution in [3.63, 3.8) is 0 Å². The lowest BCUT2D eigenvalue weighted by Crippen LogP contribution is -2.26. The quantitative estimate of drug-likeness (QED) is 0.452. The van der Waals surface area contributed by atoms with Crippen molar-refractivity contribution >= 4 is 40.1 Å². The van der Waals surface area contributed by atoms with E-state index in [9.17, 15) is 4.79 Å². The van der Waals surface area contributed by atoms with Gasteiger partial charge in [0.25, 0.3) is 5.91 Å². The van der Waals surface area contributed by atoms with Crippen molar-refractivity contribution in [2.24, 2.45) is 0 Å². The number of likely N-dealkylation sites (N-methyl/N-ethyl adjacent to an activating group) is 2. The van der Waals surface area contributed by atoms with Crippen molar-refractivity contribution in [3.05, 3.63) is 77.5 Å². The Hall–Kier alpha value is -3.38. The summed E-state index contributed by atoms with van der Waals surface area (Å²) >= 11 is 5.26. The molecule has 4 rings (SSSR count). The summed E-state index contributed by atoms with van der Waals surface area (Å²) in [5.41, 5.74) is 2.43. The van der Waals surface area contributed by atoms with Gasteiger partial charge < -0.3 is 14.4 Å². The van der Waals surface area contributed by atoms with Crippen LogP contribution in [0.15, 0.2) is 66.4 Å². The van der Waals surface area contributed by atoms with Crippen LogP contribution in [0.3, 0.4) is 0 Å². The lowest BCUT2D eigenvalue weighted by Gasteiger charge is -2.13. The molecule has 0 unspecified atom stereocenters. The largest absolute Gasteiger partial charge is 0.493 e. The van der Waals surface area contributed by atoms with Gasteiger partial charge in [-0.05, 0) is 58.4 Å². The molecule has 1 heterocycles. The molecule has 1 fully saturated rings. The maximum absolute atomic E-state index is 12.4. The molecule has 0 aliphatic carbocycles. The highest BCUT2D eigenvalue weighted by Crippen LogP contribution is 2.31. The van der Waals surface area contributed by atoms with E-state index < -0.39 is 0 Å². The third-order valence-electron chi connectivity index (χ3n) is 5.16. The van der Waals surface area contributed by atoms with Gasteiger partial charge in [0.15, 0.2) is 16.6 Å². The van der Waals surface area contributed by atoms with Gasteiger partial charge in [-0.25, -0.2) is 0 Å². The minimum absolute atomic E-state index is 0.127. The Balaban J connectivity index is 1.54. The van der Waals surface area contributed by atoms with E-state index in [2.05, 4.69) is 30.3 Å². The standard InChI is InChI=1S/C24H22N2O3S/c1-25-20(23(27)26(2)24(25)30)13-16-9-11-21(22(14-16)28-3)29-15-17-8-10-18-6-4-5-7-19(18)12-17/h4-14H,15H2,1-3H3/b20-13-. The highest BCUT2D eigenvalue weighted by Gasteiger charge is 2.32. The number of methoxy groups -OCH3 is 1. The van der Waals surface area contributed by atoms with Crippen molar-refractivity contribution in [2.75, 3.05) is 21.2 Å². The van der Waals surface area contributed by atoms with Gasteiger partial charge in [-0.1, -0.05) is 42.5 Å². The van der Waals surface area contributed by atoms with E-state index in [0.717, 1.165) is 11.1 Å². The fourth-order valence-electron chi connectivity index (χ4n) is 3.43. The van der Waals surface area contributed by atoms with Crippen LogP contribution in [0.1, 0.15) is 11.1 Å². The van der Waals surface area contributed by atoms with E-state index in [1.165, 1.54) is 15.7 Å². The molecule has 0 bridgehead atoms. The van der Waals surface area contributed by atoms with Crippen LogP contribution in [0.2, 0.25) is 0 Å². The number of rotatable bonds is 5. The molecule has 1 aliphatic rings. The van der Waals surface area contributed by atoms with Gasteiger partial charge in [-0.2, -0.15) is 0 Å². The average Bonchev–Trinajstić information content (AvgIpc) is 2.95. The number of nitrogens with zero attached hydrogens (tertiary/aromatic N) is 2. The SMILES string of the molecule is COc1cc(/C=C2/C(=O)N(C)C(=S)N2C)ccc1OCc1ccc2ccccc2c1. The summed E-state index contributed by atoms with van der Waals surface area (Å²) in [6.45, 7) is 0.432. The molecule has 0 spiro atoms. The molecule has 1 amide bonds. The number of carbonyl (C=O) groups is 1. The molecule has 1 aliphatic heterocycles. The van der Waals surface area contributed by atoms with Crippen LogP contribution >= 0.6 is 12.2 Å². The summed E-state index contributed by atoms with van der Waals surface area (Å²) in [6, 6.07) is 20.1. The van der Waals surface area contributed by atoms with Crippen LogP contribution in [0.4, 0.5) is 0 Å². The van der Waals surface area contributed by atoms with Crippen molar-refractivity contribution < 1.29 is 14.3 Å². The zero-order chi connectivity index (χ0) is 21.3. The fraction of sp³-hybridized carbons (Fsp3) is 0.167. The van der Waals surface area contributed by atoms with Crippen molar-refractivity contribution in [2.45, 2.75) is 6.61 Å². The highest BCUT2D eigenvalue weighted by molar-refractivity contribution is 7.80. The molecular formula is C24H22N2O3S. The number of fused-ring (bicyclic) bond motifs is 1. The van der Waals surface area contributed by atoms with E-state index in [0.29, 0.717) is 28.9 Å². The lowest BCUT2D eigenvalue weighted by molar-refractivity contribution is -0.121. The summed E-state index contributed by atoms with van der Waals surface area (Å²) in [4.78, 5) is 15.5. The first-order chi connectivity index (χ1) is 14.5. The summed E-state index contributed by atoms with van der Waals surface area (Å²) in [5, 5.41) is 2.86. The van der Waals surface area contributed by atoms with Gasteiger partial charge in [0, 0.05) is 14.1 Å². The molecular weight excluding hydrogens is 396 g/mol. The Kier molecular flexibility index (Phi) is 5.42. The molecule has 6 heteroatoms. The number of ether oxygens (including phenoxy) is 2. The van der Waals surface area contributed by atoms with E-state index in [1.807, 2.05) is 30.3 Å². The molecule has 5 nitrogen and oxygen atoms in total. The molecule has 3 aromatic rings. The van der Waals surface area contributed by atoms with Crippen LogP contribution in [0.25, 0.3) is 16.8 Å². The summed E-state index contributed by atoms with van der Waals surface area (Å²) in [5.74, 6) is 1.12. The zero-order valence-corrected chi connectivity index (χ0v) is 17.9.